The maximum atomic E-state index is 11.1. The molecule has 0 aliphatic heterocycles. The molecule has 0 aliphatic carbocycles. The van der Waals surface area contributed by atoms with Crippen LogP contribution in [0.1, 0.15) is 27.2 Å². The van der Waals surface area contributed by atoms with E-state index in [1.807, 2.05) is 13.8 Å². The van der Waals surface area contributed by atoms with Crippen LogP contribution in [0.25, 0.3) is 0 Å². The number of hydrogen-bond donors (Lipinski definition) is 2. The highest BCUT2D eigenvalue weighted by Gasteiger charge is 2.19. The molecule has 3 N–H and O–H groups in total. The van der Waals surface area contributed by atoms with Crippen molar-refractivity contribution in [3.8, 4) is 0 Å². The van der Waals surface area contributed by atoms with Crippen LogP contribution in [0, 0.1) is 5.92 Å². The SMILES string of the molecule is CC(C)CCOC(=O)[C@@H](N)[C@@H](C)O. The molecule has 13 heavy (non-hydrogen) atoms. The summed E-state index contributed by atoms with van der Waals surface area (Å²) in [6.45, 7) is 5.93. The van der Waals surface area contributed by atoms with Crippen molar-refractivity contribution in [1.82, 2.24) is 0 Å². The van der Waals surface area contributed by atoms with Crippen molar-refractivity contribution in [2.45, 2.75) is 39.3 Å². The Morgan fingerprint density at radius 3 is 2.38 bits per heavy atom. The monoisotopic (exact) mass is 189 g/mol. The molecule has 0 aliphatic rings. The standard InChI is InChI=1S/C9H19NO3/c1-6(2)4-5-13-9(12)8(10)7(3)11/h6-8,11H,4-5,10H2,1-3H3/t7-,8+/m1/s1. The molecule has 0 radical (unpaired) electrons. The number of aliphatic hydroxyl groups excluding tert-OH is 1. The van der Waals surface area contributed by atoms with Crippen LogP contribution in [0.4, 0.5) is 0 Å². The number of hydrogen-bond acceptors (Lipinski definition) is 4. The minimum absolute atomic E-state index is 0.372. The van der Waals surface area contributed by atoms with Crippen molar-refractivity contribution in [1.29, 1.82) is 0 Å². The van der Waals surface area contributed by atoms with Gasteiger partial charge in [0.15, 0.2) is 0 Å². The molecule has 0 saturated heterocycles. The number of nitrogens with two attached hydrogens (primary N) is 1. The highest BCUT2D eigenvalue weighted by Crippen LogP contribution is 2.00. The molecule has 0 unspecified atom stereocenters. The minimum Gasteiger partial charge on any atom is -0.464 e. The van der Waals surface area contributed by atoms with E-state index in [-0.39, 0.29) is 0 Å². The van der Waals surface area contributed by atoms with Gasteiger partial charge in [0, 0.05) is 0 Å². The van der Waals surface area contributed by atoms with E-state index in [9.17, 15) is 4.79 Å². The molecular weight excluding hydrogens is 170 g/mol. The lowest BCUT2D eigenvalue weighted by molar-refractivity contribution is -0.147. The molecule has 4 heteroatoms. The highest BCUT2D eigenvalue weighted by molar-refractivity contribution is 5.76. The smallest absolute Gasteiger partial charge is 0.325 e. The van der Waals surface area contributed by atoms with Gasteiger partial charge in [0.1, 0.15) is 6.04 Å². The van der Waals surface area contributed by atoms with Gasteiger partial charge in [0.25, 0.3) is 0 Å². The summed E-state index contributed by atoms with van der Waals surface area (Å²) in [5.74, 6) is -0.0359. The van der Waals surface area contributed by atoms with E-state index in [1.54, 1.807) is 0 Å². The lowest BCUT2D eigenvalue weighted by Gasteiger charge is -2.14. The normalized spacial score (nSPS) is 15.5. The lowest BCUT2D eigenvalue weighted by atomic mass is 10.1. The van der Waals surface area contributed by atoms with Crippen LogP contribution in [0.5, 0.6) is 0 Å². The number of esters is 1. The molecule has 0 heterocycles. The Hall–Kier alpha value is -0.610. The molecule has 0 bridgehead atoms. The summed E-state index contributed by atoms with van der Waals surface area (Å²) in [4.78, 5) is 11.1. The van der Waals surface area contributed by atoms with E-state index >= 15 is 0 Å². The van der Waals surface area contributed by atoms with Crippen LogP contribution in [-0.2, 0) is 9.53 Å². The predicted molar refractivity (Wildman–Crippen MR) is 50.1 cm³/mol. The maximum Gasteiger partial charge on any atom is 0.325 e. The second kappa shape index (κ2) is 5.94. The molecule has 0 aromatic heterocycles. The van der Waals surface area contributed by atoms with Gasteiger partial charge in [-0.25, -0.2) is 0 Å². The van der Waals surface area contributed by atoms with Gasteiger partial charge in [0.05, 0.1) is 12.7 Å². The highest BCUT2D eigenvalue weighted by atomic mass is 16.5. The largest absolute Gasteiger partial charge is 0.464 e. The quantitative estimate of drug-likeness (QED) is 0.609. The average molecular weight is 189 g/mol. The van der Waals surface area contributed by atoms with E-state index in [4.69, 9.17) is 15.6 Å². The zero-order valence-corrected chi connectivity index (χ0v) is 8.49. The van der Waals surface area contributed by atoms with Crippen molar-refractivity contribution in [3.05, 3.63) is 0 Å². The Labute approximate surface area is 79.1 Å². The summed E-state index contributed by atoms with van der Waals surface area (Å²) in [5.41, 5.74) is 5.35. The molecule has 0 aromatic carbocycles. The third-order valence-electron chi connectivity index (χ3n) is 1.73. The minimum atomic E-state index is -0.924. The van der Waals surface area contributed by atoms with Crippen LogP contribution >= 0.6 is 0 Å². The summed E-state index contributed by atoms with van der Waals surface area (Å²) in [7, 11) is 0. The van der Waals surface area contributed by atoms with Gasteiger partial charge in [-0.15, -0.1) is 0 Å². The zero-order chi connectivity index (χ0) is 10.4. The van der Waals surface area contributed by atoms with Gasteiger partial charge in [-0.1, -0.05) is 13.8 Å². The first-order chi connectivity index (χ1) is 5.95. The molecule has 0 saturated carbocycles. The van der Waals surface area contributed by atoms with Gasteiger partial charge >= 0.3 is 5.97 Å². The van der Waals surface area contributed by atoms with Crippen LogP contribution < -0.4 is 5.73 Å². The Morgan fingerprint density at radius 1 is 1.46 bits per heavy atom. The molecule has 4 nitrogen and oxygen atoms in total. The summed E-state index contributed by atoms with van der Waals surface area (Å²) < 4.78 is 4.85. The fourth-order valence-corrected chi connectivity index (χ4v) is 0.688. The maximum absolute atomic E-state index is 11.1. The Bertz CT molecular complexity index is 157. The van der Waals surface area contributed by atoms with Crippen LogP contribution in [-0.4, -0.2) is 29.8 Å². The summed E-state index contributed by atoms with van der Waals surface area (Å²) in [6.07, 6.45) is -0.0373. The lowest BCUT2D eigenvalue weighted by Crippen LogP contribution is -2.41. The van der Waals surface area contributed by atoms with E-state index in [1.165, 1.54) is 6.92 Å². The Morgan fingerprint density at radius 2 is 2.00 bits per heavy atom. The number of ether oxygens (including phenoxy) is 1. The van der Waals surface area contributed by atoms with Gasteiger partial charge in [-0.2, -0.15) is 0 Å². The van der Waals surface area contributed by atoms with Crippen molar-refractivity contribution in [2.24, 2.45) is 11.7 Å². The third-order valence-corrected chi connectivity index (χ3v) is 1.73. The van der Waals surface area contributed by atoms with Crippen molar-refractivity contribution in [3.63, 3.8) is 0 Å². The number of rotatable bonds is 5. The van der Waals surface area contributed by atoms with Crippen molar-refractivity contribution in [2.75, 3.05) is 6.61 Å². The Balaban J connectivity index is 3.62. The fourth-order valence-electron chi connectivity index (χ4n) is 0.688. The van der Waals surface area contributed by atoms with E-state index in [2.05, 4.69) is 0 Å². The van der Waals surface area contributed by atoms with Gasteiger partial charge in [-0.05, 0) is 19.3 Å². The Kier molecular flexibility index (Phi) is 5.66. The van der Waals surface area contributed by atoms with Gasteiger partial charge in [-0.3, -0.25) is 4.79 Å². The predicted octanol–water partition coefficient (Wildman–Crippen LogP) is 0.284. The first kappa shape index (κ1) is 12.4. The first-order valence-corrected chi connectivity index (χ1v) is 4.55. The molecule has 0 fully saturated rings. The zero-order valence-electron chi connectivity index (χ0n) is 8.49. The molecular formula is C9H19NO3. The second-order valence-electron chi connectivity index (χ2n) is 3.62. The van der Waals surface area contributed by atoms with E-state index < -0.39 is 18.1 Å². The topological polar surface area (TPSA) is 72.5 Å². The molecule has 0 amide bonds. The summed E-state index contributed by atoms with van der Waals surface area (Å²) in [5, 5.41) is 8.97. The second-order valence-corrected chi connectivity index (χ2v) is 3.62. The van der Waals surface area contributed by atoms with Gasteiger partial charge < -0.3 is 15.6 Å². The number of aliphatic hydroxyl groups is 1. The molecule has 0 rings (SSSR count). The number of carbonyl (C=O) groups excluding carboxylic acids is 1. The van der Waals surface area contributed by atoms with E-state index in [0.29, 0.717) is 12.5 Å². The van der Waals surface area contributed by atoms with Crippen LogP contribution in [0.2, 0.25) is 0 Å². The van der Waals surface area contributed by atoms with Crippen molar-refractivity contribution >= 4 is 5.97 Å². The third kappa shape index (κ3) is 5.60. The van der Waals surface area contributed by atoms with Crippen LogP contribution in [0.3, 0.4) is 0 Å². The van der Waals surface area contributed by atoms with Gasteiger partial charge in [0.2, 0.25) is 0 Å². The summed E-state index contributed by atoms with van der Waals surface area (Å²) in [6, 6.07) is -0.924. The van der Waals surface area contributed by atoms with Crippen LogP contribution in [0.15, 0.2) is 0 Å². The summed E-state index contributed by atoms with van der Waals surface area (Å²) >= 11 is 0. The number of carbonyl (C=O) groups is 1. The van der Waals surface area contributed by atoms with Crippen molar-refractivity contribution < 1.29 is 14.6 Å². The molecule has 0 spiro atoms. The first-order valence-electron chi connectivity index (χ1n) is 4.55. The fraction of sp³-hybridized carbons (Fsp3) is 0.889. The van der Waals surface area contributed by atoms with E-state index in [0.717, 1.165) is 6.42 Å². The molecule has 2 atom stereocenters. The molecule has 78 valence electrons. The molecule has 0 aromatic rings. The average Bonchev–Trinajstić information content (AvgIpc) is 2.02.